The molecule has 4 aromatic carbocycles. The summed E-state index contributed by atoms with van der Waals surface area (Å²) in [6.07, 6.45) is 1.03. The van der Waals surface area contributed by atoms with Crippen molar-refractivity contribution < 1.29 is 48.7 Å². The van der Waals surface area contributed by atoms with Gasteiger partial charge >= 0.3 is 74.1 Å². The SMILES string of the molecule is CC(C)(C)c1[c-]c2c(cc1)-c1ccc(C(C)(C)C)cc1C2.Clc1cccc([CH]=[Hf+2])c1.[Cl-].[Cl-].c1cc[cH-]c1. The van der Waals surface area contributed by atoms with Gasteiger partial charge in [-0.15, -0.1) is 11.1 Å². The fourth-order valence-electron chi connectivity index (χ4n) is 3.94. The zero-order valence-electron chi connectivity index (χ0n) is 22.5. The van der Waals surface area contributed by atoms with Gasteiger partial charge in [0.2, 0.25) is 0 Å². The van der Waals surface area contributed by atoms with Crippen molar-refractivity contribution in [2.75, 3.05) is 0 Å². The van der Waals surface area contributed by atoms with Crippen LogP contribution in [0.3, 0.4) is 0 Å². The van der Waals surface area contributed by atoms with Crippen LogP contribution in [-0.2, 0) is 41.1 Å². The first-order chi connectivity index (χ1) is 16.5. The molecule has 0 saturated heterocycles. The first-order valence-electron chi connectivity index (χ1n) is 12.1. The predicted octanol–water partition coefficient (Wildman–Crippen LogP) is 3.10. The monoisotopic (exact) mass is 716 g/mol. The fraction of sp³-hybridized carbons (Fsp3) is 0.273. The number of fused-ring (bicyclic) bond motifs is 3. The van der Waals surface area contributed by atoms with Gasteiger partial charge in [-0.25, -0.2) is 12.1 Å². The van der Waals surface area contributed by atoms with Gasteiger partial charge in [0.05, 0.1) is 0 Å². The molecule has 0 fully saturated rings. The van der Waals surface area contributed by atoms with E-state index in [9.17, 15) is 0 Å². The molecule has 0 aromatic heterocycles. The second-order valence-corrected chi connectivity index (χ2v) is 12.4. The molecular formula is C33H35Cl3Hf-2. The van der Waals surface area contributed by atoms with E-state index in [1.165, 1.54) is 38.9 Å². The van der Waals surface area contributed by atoms with Crippen molar-refractivity contribution in [1.29, 1.82) is 0 Å². The van der Waals surface area contributed by atoms with Crippen molar-refractivity contribution >= 4 is 15.4 Å². The molecule has 0 N–H and O–H groups in total. The summed E-state index contributed by atoms with van der Waals surface area (Å²) >= 11 is 6.81. The van der Waals surface area contributed by atoms with Crippen LogP contribution in [0.1, 0.15) is 69.4 Å². The molecule has 0 aliphatic heterocycles. The summed E-state index contributed by atoms with van der Waals surface area (Å²) in [7, 11) is 0. The Morgan fingerprint density at radius 1 is 0.811 bits per heavy atom. The quantitative estimate of drug-likeness (QED) is 0.185. The van der Waals surface area contributed by atoms with E-state index in [1.807, 2.05) is 48.5 Å². The topological polar surface area (TPSA) is 0 Å². The first-order valence-corrected chi connectivity index (χ1v) is 14.6. The van der Waals surface area contributed by atoms with E-state index in [1.54, 1.807) is 0 Å². The maximum atomic E-state index is 5.72. The molecule has 1 aliphatic carbocycles. The van der Waals surface area contributed by atoms with Crippen molar-refractivity contribution in [1.82, 2.24) is 0 Å². The van der Waals surface area contributed by atoms with E-state index in [-0.39, 0.29) is 35.6 Å². The number of hydrogen-bond donors (Lipinski definition) is 0. The summed E-state index contributed by atoms with van der Waals surface area (Å²) < 4.78 is 2.16. The van der Waals surface area contributed by atoms with Gasteiger partial charge in [-0.1, -0.05) is 65.3 Å². The molecule has 0 amide bonds. The Bertz CT molecular complexity index is 1180. The average molecular weight is 716 g/mol. The van der Waals surface area contributed by atoms with Crippen LogP contribution in [0.4, 0.5) is 0 Å². The molecule has 0 radical (unpaired) electrons. The first kappa shape index (κ1) is 33.6. The van der Waals surface area contributed by atoms with Crippen LogP contribution in [0, 0.1) is 6.07 Å². The standard InChI is InChI=1S/C21H25.C7H5Cl.C5H5.2ClH.Hf/c1-20(2,3)16-7-9-18-14(12-16)11-15-13-17(21(4,5)6)8-10-19(15)18;1-6-3-2-4-7(8)5-6;1-2-4-5-3-1;;;/h7-10,12H,11H2,1-6H3;1-5H;1-5H;2*1H;/q-1;;-1;;;+2/p-2. The van der Waals surface area contributed by atoms with Gasteiger partial charge in [0.25, 0.3) is 0 Å². The van der Waals surface area contributed by atoms with E-state index >= 15 is 0 Å². The maximum Gasteiger partial charge on any atom is -0.172 e. The Labute approximate surface area is 256 Å². The van der Waals surface area contributed by atoms with Crippen LogP contribution < -0.4 is 24.8 Å². The van der Waals surface area contributed by atoms with Crippen LogP contribution in [0.25, 0.3) is 11.1 Å². The molecule has 0 saturated carbocycles. The van der Waals surface area contributed by atoms with Crippen molar-refractivity contribution in [2.45, 2.75) is 58.8 Å². The van der Waals surface area contributed by atoms with E-state index in [2.05, 4.69) is 87.8 Å². The fourth-order valence-corrected chi connectivity index (χ4v) is 4.79. The molecule has 5 rings (SSSR count). The van der Waals surface area contributed by atoms with E-state index in [0.717, 1.165) is 35.3 Å². The Morgan fingerprint density at radius 2 is 1.46 bits per heavy atom. The third kappa shape index (κ3) is 9.70. The molecule has 4 heteroatoms. The Hall–Kier alpha value is -1.38. The number of benzene rings is 3. The minimum absolute atomic E-state index is 0. The van der Waals surface area contributed by atoms with Gasteiger partial charge in [0, 0.05) is 0 Å². The van der Waals surface area contributed by atoms with Crippen molar-refractivity contribution in [2.24, 2.45) is 0 Å². The Morgan fingerprint density at radius 3 is 1.95 bits per heavy atom. The number of rotatable bonds is 1. The third-order valence-electron chi connectivity index (χ3n) is 6.03. The maximum absolute atomic E-state index is 5.72. The summed E-state index contributed by atoms with van der Waals surface area (Å²) in [6.45, 7) is 13.6. The molecule has 37 heavy (non-hydrogen) atoms. The van der Waals surface area contributed by atoms with Gasteiger partial charge in [-0.3, -0.25) is 0 Å². The minimum Gasteiger partial charge on any atom is -1.00 e. The summed E-state index contributed by atoms with van der Waals surface area (Å²) in [5.41, 5.74) is 9.94. The molecule has 0 spiro atoms. The van der Waals surface area contributed by atoms with Crippen molar-refractivity contribution in [3.05, 3.63) is 124 Å². The predicted molar refractivity (Wildman–Crippen MR) is 150 cm³/mol. The van der Waals surface area contributed by atoms with E-state index in [4.69, 9.17) is 11.6 Å². The van der Waals surface area contributed by atoms with Crippen LogP contribution in [0.5, 0.6) is 0 Å². The molecular weight excluding hydrogens is 681 g/mol. The van der Waals surface area contributed by atoms with Crippen LogP contribution >= 0.6 is 11.6 Å². The van der Waals surface area contributed by atoms with Crippen molar-refractivity contribution in [3.8, 4) is 11.1 Å². The molecule has 194 valence electrons. The molecule has 0 unspecified atom stereocenters. The summed E-state index contributed by atoms with van der Waals surface area (Å²) in [4.78, 5) is 0. The van der Waals surface area contributed by atoms with E-state index in [0.29, 0.717) is 0 Å². The molecule has 0 bridgehead atoms. The van der Waals surface area contributed by atoms with Crippen LogP contribution in [-0.4, -0.2) is 3.76 Å². The van der Waals surface area contributed by atoms with E-state index < -0.39 is 0 Å². The van der Waals surface area contributed by atoms with Crippen LogP contribution in [0.15, 0.2) is 84.9 Å². The molecule has 0 atom stereocenters. The average Bonchev–Trinajstić information content (AvgIpc) is 3.49. The minimum atomic E-state index is 0. The summed E-state index contributed by atoms with van der Waals surface area (Å²) in [5, 5.41) is 0.819. The van der Waals surface area contributed by atoms with Gasteiger partial charge < -0.3 is 24.8 Å². The second-order valence-electron chi connectivity index (χ2n) is 11.0. The zero-order chi connectivity index (χ0) is 25.6. The Kier molecular flexibility index (Phi) is 13.4. The smallest absolute Gasteiger partial charge is 0.172 e. The molecule has 1 aliphatic rings. The van der Waals surface area contributed by atoms with Crippen molar-refractivity contribution in [3.63, 3.8) is 0 Å². The summed E-state index contributed by atoms with van der Waals surface area (Å²) in [5.74, 6) is 0. The summed E-state index contributed by atoms with van der Waals surface area (Å²) in [6, 6.07) is 33.0. The van der Waals surface area contributed by atoms with Gasteiger partial charge in [-0.2, -0.15) is 42.0 Å². The molecule has 0 heterocycles. The normalized spacial score (nSPS) is 11.3. The van der Waals surface area contributed by atoms with Gasteiger partial charge in [0.15, 0.2) is 0 Å². The second kappa shape index (κ2) is 14.7. The number of hydrogen-bond acceptors (Lipinski definition) is 0. The molecule has 0 nitrogen and oxygen atoms in total. The Balaban J connectivity index is 0.000000354. The third-order valence-corrected chi connectivity index (χ3v) is 7.47. The number of halogens is 3. The largest absolute Gasteiger partial charge is 1.00 e. The van der Waals surface area contributed by atoms with Crippen LogP contribution in [0.2, 0.25) is 5.02 Å². The van der Waals surface area contributed by atoms with Gasteiger partial charge in [-0.05, 0) is 28.4 Å². The zero-order valence-corrected chi connectivity index (χ0v) is 28.4. The van der Waals surface area contributed by atoms with Gasteiger partial charge in [0.1, 0.15) is 0 Å². The molecule has 4 aromatic rings.